The van der Waals surface area contributed by atoms with E-state index in [2.05, 4.69) is 58.3 Å². The van der Waals surface area contributed by atoms with Gasteiger partial charge in [-0.15, -0.1) is 0 Å². The third-order valence-electron chi connectivity index (χ3n) is 2.99. The number of rotatable bonds is 6. The van der Waals surface area contributed by atoms with Crippen molar-refractivity contribution in [2.45, 2.75) is 45.6 Å². The maximum atomic E-state index is 4.03. The van der Waals surface area contributed by atoms with Crippen LogP contribution in [-0.2, 0) is 0 Å². The van der Waals surface area contributed by atoms with Crippen molar-refractivity contribution in [2.24, 2.45) is 0 Å². The van der Waals surface area contributed by atoms with Gasteiger partial charge in [0.2, 0.25) is 0 Å². The summed E-state index contributed by atoms with van der Waals surface area (Å²) in [6, 6.07) is 0. The molecule has 0 amide bonds. The van der Waals surface area contributed by atoms with Gasteiger partial charge in [0.15, 0.2) is 0 Å². The van der Waals surface area contributed by atoms with Crippen LogP contribution in [0.5, 0.6) is 0 Å². The lowest BCUT2D eigenvalue weighted by Crippen LogP contribution is -2.38. The van der Waals surface area contributed by atoms with Crippen LogP contribution < -0.4 is 0 Å². The van der Waals surface area contributed by atoms with Gasteiger partial charge in [-0.05, 0) is 53.6 Å². The van der Waals surface area contributed by atoms with Crippen molar-refractivity contribution in [3.05, 3.63) is 12.3 Å². The molecule has 0 atom stereocenters. The van der Waals surface area contributed by atoms with Crippen LogP contribution in [0.2, 0.25) is 0 Å². The van der Waals surface area contributed by atoms with Crippen molar-refractivity contribution in [1.29, 1.82) is 0 Å². The fourth-order valence-electron chi connectivity index (χ4n) is 1.24. The van der Waals surface area contributed by atoms with Gasteiger partial charge in [0, 0.05) is 25.3 Å². The van der Waals surface area contributed by atoms with E-state index in [1.807, 2.05) is 0 Å². The summed E-state index contributed by atoms with van der Waals surface area (Å²) < 4.78 is 0. The minimum absolute atomic E-state index is 0.290. The molecule has 2 nitrogen and oxygen atoms in total. The van der Waals surface area contributed by atoms with Gasteiger partial charge in [0.05, 0.1) is 0 Å². The second-order valence-corrected chi connectivity index (χ2v) is 5.51. The third kappa shape index (κ3) is 6.56. The van der Waals surface area contributed by atoms with Gasteiger partial charge in [-0.25, -0.2) is 0 Å². The van der Waals surface area contributed by atoms with Gasteiger partial charge in [-0.3, -0.25) is 0 Å². The minimum Gasteiger partial charge on any atom is -0.381 e. The Morgan fingerprint density at radius 3 is 2.00 bits per heavy atom. The minimum atomic E-state index is 0.290. The van der Waals surface area contributed by atoms with Gasteiger partial charge in [0.25, 0.3) is 0 Å². The summed E-state index contributed by atoms with van der Waals surface area (Å²) in [5.74, 6) is 0. The predicted molar refractivity (Wildman–Crippen MR) is 69.1 cm³/mol. The first-order valence-electron chi connectivity index (χ1n) is 5.81. The smallest absolute Gasteiger partial charge is 0.0122 e. The Morgan fingerprint density at radius 1 is 1.07 bits per heavy atom. The fraction of sp³-hybridized carbons (Fsp3) is 0.846. The molecule has 0 radical (unpaired) electrons. The van der Waals surface area contributed by atoms with Crippen molar-refractivity contribution in [1.82, 2.24) is 9.80 Å². The van der Waals surface area contributed by atoms with E-state index >= 15 is 0 Å². The maximum Gasteiger partial charge on any atom is 0.0122 e. The van der Waals surface area contributed by atoms with E-state index in [4.69, 9.17) is 0 Å². The number of allylic oxidation sites excluding steroid dienone is 1. The quantitative estimate of drug-likeness (QED) is 0.625. The summed E-state index contributed by atoms with van der Waals surface area (Å²) in [6.45, 7) is 12.0. The van der Waals surface area contributed by atoms with Crippen molar-refractivity contribution in [3.8, 4) is 0 Å². The molecule has 0 spiro atoms. The SMILES string of the molecule is C=C(CCCCN(C)C(C)(C)C)N(C)C. The zero-order chi connectivity index (χ0) is 12.1. The monoisotopic (exact) mass is 212 g/mol. The molecule has 0 saturated heterocycles. The molecule has 0 bridgehead atoms. The summed E-state index contributed by atoms with van der Waals surface area (Å²) in [6.07, 6.45) is 3.60. The second kappa shape index (κ2) is 6.16. The van der Waals surface area contributed by atoms with E-state index in [0.29, 0.717) is 5.54 Å². The highest BCUT2D eigenvalue weighted by molar-refractivity contribution is 4.90. The van der Waals surface area contributed by atoms with Gasteiger partial charge in [-0.2, -0.15) is 0 Å². The lowest BCUT2D eigenvalue weighted by Gasteiger charge is -2.31. The average Bonchev–Trinajstić information content (AvgIpc) is 2.09. The van der Waals surface area contributed by atoms with E-state index < -0.39 is 0 Å². The summed E-state index contributed by atoms with van der Waals surface area (Å²) in [7, 11) is 6.31. The van der Waals surface area contributed by atoms with Crippen molar-refractivity contribution < 1.29 is 0 Å². The summed E-state index contributed by atoms with van der Waals surface area (Å²) in [5, 5.41) is 0. The molecular formula is C13H28N2. The largest absolute Gasteiger partial charge is 0.381 e. The van der Waals surface area contributed by atoms with Crippen LogP contribution >= 0.6 is 0 Å². The summed E-state index contributed by atoms with van der Waals surface area (Å²) in [5.41, 5.74) is 1.52. The molecule has 0 aromatic carbocycles. The topological polar surface area (TPSA) is 6.48 Å². The molecule has 0 fully saturated rings. The molecule has 15 heavy (non-hydrogen) atoms. The average molecular weight is 212 g/mol. The van der Waals surface area contributed by atoms with Crippen LogP contribution in [0.15, 0.2) is 12.3 Å². The van der Waals surface area contributed by atoms with Gasteiger partial charge < -0.3 is 9.80 Å². The number of hydrogen-bond donors (Lipinski definition) is 0. The van der Waals surface area contributed by atoms with Crippen molar-refractivity contribution >= 4 is 0 Å². The van der Waals surface area contributed by atoms with Crippen LogP contribution in [-0.4, -0.2) is 43.0 Å². The highest BCUT2D eigenvalue weighted by atomic mass is 15.1. The Labute approximate surface area is 95.9 Å². The third-order valence-corrected chi connectivity index (χ3v) is 2.99. The summed E-state index contributed by atoms with van der Waals surface area (Å²) in [4.78, 5) is 4.51. The Bertz CT molecular complexity index is 189. The normalized spacial score (nSPS) is 11.9. The zero-order valence-corrected chi connectivity index (χ0v) is 11.4. The Kier molecular flexibility index (Phi) is 5.96. The molecule has 0 aromatic heterocycles. The molecular weight excluding hydrogens is 184 g/mol. The molecule has 0 unspecified atom stereocenters. The highest BCUT2D eigenvalue weighted by Gasteiger charge is 2.15. The standard InChI is InChI=1S/C13H28N2/c1-12(14(5)6)10-8-9-11-15(7)13(2,3)4/h1,8-11H2,2-7H3. The predicted octanol–water partition coefficient (Wildman–Crippen LogP) is 2.96. The highest BCUT2D eigenvalue weighted by Crippen LogP contribution is 2.13. The number of nitrogens with zero attached hydrogens (tertiary/aromatic N) is 2. The first-order valence-corrected chi connectivity index (χ1v) is 5.81. The van der Waals surface area contributed by atoms with E-state index in [-0.39, 0.29) is 0 Å². The molecule has 0 aliphatic carbocycles. The zero-order valence-electron chi connectivity index (χ0n) is 11.4. The first-order chi connectivity index (χ1) is 6.75. The van der Waals surface area contributed by atoms with E-state index in [0.717, 1.165) is 6.42 Å². The van der Waals surface area contributed by atoms with Gasteiger partial charge >= 0.3 is 0 Å². The Hall–Kier alpha value is -0.500. The van der Waals surface area contributed by atoms with Gasteiger partial charge in [-0.1, -0.05) is 6.58 Å². The lowest BCUT2D eigenvalue weighted by molar-refractivity contribution is 0.172. The Balaban J connectivity index is 3.60. The summed E-state index contributed by atoms with van der Waals surface area (Å²) >= 11 is 0. The molecule has 0 aliphatic heterocycles. The van der Waals surface area contributed by atoms with Crippen LogP contribution in [0.4, 0.5) is 0 Å². The van der Waals surface area contributed by atoms with Crippen LogP contribution in [0, 0.1) is 0 Å². The number of unbranched alkanes of at least 4 members (excludes halogenated alkanes) is 1. The van der Waals surface area contributed by atoms with E-state index in [9.17, 15) is 0 Å². The Morgan fingerprint density at radius 2 is 1.60 bits per heavy atom. The van der Waals surface area contributed by atoms with Gasteiger partial charge in [0.1, 0.15) is 0 Å². The second-order valence-electron chi connectivity index (χ2n) is 5.51. The van der Waals surface area contributed by atoms with Crippen LogP contribution in [0.3, 0.4) is 0 Å². The van der Waals surface area contributed by atoms with Crippen LogP contribution in [0.25, 0.3) is 0 Å². The first kappa shape index (κ1) is 14.5. The molecule has 0 heterocycles. The van der Waals surface area contributed by atoms with Crippen molar-refractivity contribution in [2.75, 3.05) is 27.7 Å². The molecule has 0 N–H and O–H groups in total. The van der Waals surface area contributed by atoms with Crippen LogP contribution in [0.1, 0.15) is 40.0 Å². The van der Waals surface area contributed by atoms with Crippen molar-refractivity contribution in [3.63, 3.8) is 0 Å². The molecule has 0 aromatic rings. The lowest BCUT2D eigenvalue weighted by atomic mass is 10.1. The molecule has 0 aliphatic rings. The number of hydrogen-bond acceptors (Lipinski definition) is 2. The van der Waals surface area contributed by atoms with E-state index in [1.54, 1.807) is 0 Å². The maximum absolute atomic E-state index is 4.03. The molecule has 90 valence electrons. The fourth-order valence-corrected chi connectivity index (χ4v) is 1.24. The molecule has 2 heteroatoms. The molecule has 0 rings (SSSR count). The van der Waals surface area contributed by atoms with E-state index in [1.165, 1.54) is 25.1 Å². The molecule has 0 saturated carbocycles.